The predicted molar refractivity (Wildman–Crippen MR) is 116 cm³/mol. The van der Waals surface area contributed by atoms with Gasteiger partial charge in [0.25, 0.3) is 0 Å². The van der Waals surface area contributed by atoms with E-state index in [4.69, 9.17) is 16.6 Å². The van der Waals surface area contributed by atoms with Crippen molar-refractivity contribution >= 4 is 28.3 Å². The molecule has 0 N–H and O–H groups in total. The Kier molecular flexibility index (Phi) is 5.59. The number of hydrogen-bond acceptors (Lipinski definition) is 3. The zero-order chi connectivity index (χ0) is 20.5. The number of fused-ring (bicyclic) bond motifs is 1. The molecule has 1 aliphatic heterocycles. The lowest BCUT2D eigenvalue weighted by atomic mass is 9.93. The van der Waals surface area contributed by atoms with Gasteiger partial charge in [-0.3, -0.25) is 14.5 Å². The number of rotatable bonds is 4. The molecule has 2 atom stereocenters. The number of carbonyl (C=O) groups excluding carboxylic acids is 1. The van der Waals surface area contributed by atoms with Crippen molar-refractivity contribution in [2.75, 3.05) is 13.1 Å². The fraction of sp³-hybridized carbons (Fsp3) is 0.435. The number of halogens is 1. The number of nitrogens with zero attached hydrogens (tertiary/aromatic N) is 4. The van der Waals surface area contributed by atoms with Crippen LogP contribution in [-0.2, 0) is 4.79 Å². The first-order valence-electron chi connectivity index (χ1n) is 10.3. The maximum Gasteiger partial charge on any atom is 0.224 e. The van der Waals surface area contributed by atoms with Crippen LogP contribution in [0.2, 0.25) is 5.02 Å². The third-order valence-corrected chi connectivity index (χ3v) is 6.52. The van der Waals surface area contributed by atoms with Crippen molar-refractivity contribution in [2.45, 2.75) is 52.0 Å². The molecule has 3 heterocycles. The zero-order valence-corrected chi connectivity index (χ0v) is 18.0. The highest BCUT2D eigenvalue weighted by molar-refractivity contribution is 6.31. The highest BCUT2D eigenvalue weighted by Gasteiger charge is 2.27. The topological polar surface area (TPSA) is 51.0 Å². The number of pyridine rings is 1. The van der Waals surface area contributed by atoms with Crippen LogP contribution in [0.1, 0.15) is 55.2 Å². The number of piperidine rings is 1. The van der Waals surface area contributed by atoms with E-state index < -0.39 is 0 Å². The number of aromatic nitrogens is 3. The van der Waals surface area contributed by atoms with Crippen molar-refractivity contribution in [3.05, 3.63) is 58.6 Å². The quantitative estimate of drug-likeness (QED) is 0.604. The highest BCUT2D eigenvalue weighted by atomic mass is 35.5. The molecule has 3 aromatic rings. The van der Waals surface area contributed by atoms with E-state index in [1.807, 2.05) is 42.6 Å². The molecule has 1 aliphatic rings. The Morgan fingerprint density at radius 2 is 2.03 bits per heavy atom. The van der Waals surface area contributed by atoms with E-state index in [-0.39, 0.29) is 17.9 Å². The smallest absolute Gasteiger partial charge is 0.224 e. The predicted octanol–water partition coefficient (Wildman–Crippen LogP) is 5.06. The largest absolute Gasteiger partial charge is 0.342 e. The molecular formula is C23H27ClN4O. The third kappa shape index (κ3) is 4.01. The number of aryl methyl sites for hydroxylation is 1. The van der Waals surface area contributed by atoms with Crippen molar-refractivity contribution < 1.29 is 4.79 Å². The van der Waals surface area contributed by atoms with E-state index in [9.17, 15) is 4.79 Å². The summed E-state index contributed by atoms with van der Waals surface area (Å²) >= 11 is 6.27. The second-order valence-electron chi connectivity index (χ2n) is 8.12. The number of amides is 1. The van der Waals surface area contributed by atoms with Gasteiger partial charge in [0, 0.05) is 42.7 Å². The average Bonchev–Trinajstić information content (AvgIpc) is 3.01. The van der Waals surface area contributed by atoms with Crippen LogP contribution in [0.3, 0.4) is 0 Å². The van der Waals surface area contributed by atoms with E-state index >= 15 is 0 Å². The first kappa shape index (κ1) is 19.9. The van der Waals surface area contributed by atoms with Gasteiger partial charge in [-0.1, -0.05) is 35.9 Å². The molecule has 0 radical (unpaired) electrons. The van der Waals surface area contributed by atoms with Gasteiger partial charge in [-0.05, 0) is 45.1 Å². The first-order valence-corrected chi connectivity index (χ1v) is 10.7. The van der Waals surface area contributed by atoms with Gasteiger partial charge in [0.2, 0.25) is 5.91 Å². The maximum atomic E-state index is 13.0. The van der Waals surface area contributed by atoms with Crippen LogP contribution in [0.5, 0.6) is 0 Å². The fourth-order valence-electron chi connectivity index (χ4n) is 4.31. The Morgan fingerprint density at radius 3 is 2.76 bits per heavy atom. The summed E-state index contributed by atoms with van der Waals surface area (Å²) in [6, 6.07) is 10.4. The van der Waals surface area contributed by atoms with Crippen LogP contribution < -0.4 is 0 Å². The Morgan fingerprint density at radius 1 is 1.28 bits per heavy atom. The molecule has 0 unspecified atom stereocenters. The summed E-state index contributed by atoms with van der Waals surface area (Å²) in [7, 11) is 0. The van der Waals surface area contributed by atoms with Crippen LogP contribution in [0.4, 0.5) is 0 Å². The molecule has 1 aromatic carbocycles. The van der Waals surface area contributed by atoms with Crippen molar-refractivity contribution in [3.8, 4) is 0 Å². The number of hydrogen-bond donors (Lipinski definition) is 0. The molecule has 0 spiro atoms. The standard InChI is InChI=1S/C23H27ClN4O/c1-15(28-17(3)23(24)16(2)26-28)11-22(29)27-10-6-9-20(14-27)21-12-18-7-4-5-8-19(18)13-25-21/h4-5,7-8,12-13,15,20H,6,9-11,14H2,1-3H3/t15-,20-/m0/s1. The third-order valence-electron chi connectivity index (χ3n) is 5.97. The van der Waals surface area contributed by atoms with E-state index in [1.165, 1.54) is 5.39 Å². The van der Waals surface area contributed by atoms with E-state index in [2.05, 4.69) is 29.4 Å². The van der Waals surface area contributed by atoms with Crippen LogP contribution in [0.25, 0.3) is 10.8 Å². The van der Waals surface area contributed by atoms with Crippen LogP contribution in [0.15, 0.2) is 36.5 Å². The summed E-state index contributed by atoms with van der Waals surface area (Å²) in [6.45, 7) is 7.42. The SMILES string of the molecule is Cc1nn([C@@H](C)CC(=O)N2CCC[C@H](c3cc4ccccc4cn3)C2)c(C)c1Cl. The summed E-state index contributed by atoms with van der Waals surface area (Å²) < 4.78 is 1.88. The minimum absolute atomic E-state index is 0.0205. The van der Waals surface area contributed by atoms with E-state index in [1.54, 1.807) is 0 Å². The van der Waals surface area contributed by atoms with Crippen molar-refractivity contribution in [2.24, 2.45) is 0 Å². The Hall–Kier alpha value is -2.40. The molecule has 152 valence electrons. The lowest BCUT2D eigenvalue weighted by molar-refractivity contribution is -0.133. The van der Waals surface area contributed by atoms with Crippen molar-refractivity contribution in [3.63, 3.8) is 0 Å². The summed E-state index contributed by atoms with van der Waals surface area (Å²) in [6.07, 6.45) is 4.44. The van der Waals surface area contributed by atoms with Gasteiger partial charge in [-0.15, -0.1) is 0 Å². The van der Waals surface area contributed by atoms with Crippen LogP contribution in [0, 0.1) is 13.8 Å². The second-order valence-corrected chi connectivity index (χ2v) is 8.50. The minimum Gasteiger partial charge on any atom is -0.342 e. The highest BCUT2D eigenvalue weighted by Crippen LogP contribution is 2.29. The van der Waals surface area contributed by atoms with Crippen LogP contribution >= 0.6 is 11.6 Å². The average molecular weight is 411 g/mol. The molecule has 29 heavy (non-hydrogen) atoms. The number of benzene rings is 1. The molecule has 0 aliphatic carbocycles. The lowest BCUT2D eigenvalue weighted by Crippen LogP contribution is -2.40. The molecule has 1 saturated heterocycles. The Bertz CT molecular complexity index is 1040. The monoisotopic (exact) mass is 410 g/mol. The zero-order valence-electron chi connectivity index (χ0n) is 17.2. The van der Waals surface area contributed by atoms with Crippen LogP contribution in [-0.4, -0.2) is 38.7 Å². The number of likely N-dealkylation sites (tertiary alicyclic amines) is 1. The lowest BCUT2D eigenvalue weighted by Gasteiger charge is -2.33. The van der Waals surface area contributed by atoms with Gasteiger partial charge >= 0.3 is 0 Å². The Labute approximate surface area is 176 Å². The Balaban J connectivity index is 1.45. The van der Waals surface area contributed by atoms with Gasteiger partial charge in [0.1, 0.15) is 0 Å². The van der Waals surface area contributed by atoms with Gasteiger partial charge < -0.3 is 4.90 Å². The molecule has 5 nitrogen and oxygen atoms in total. The summed E-state index contributed by atoms with van der Waals surface area (Å²) in [5.74, 6) is 0.461. The van der Waals surface area contributed by atoms with Crippen molar-refractivity contribution in [1.29, 1.82) is 0 Å². The van der Waals surface area contributed by atoms with E-state index in [0.29, 0.717) is 11.4 Å². The first-order chi connectivity index (χ1) is 13.9. The second kappa shape index (κ2) is 8.15. The molecular weight excluding hydrogens is 384 g/mol. The van der Waals surface area contributed by atoms with Gasteiger partial charge in [-0.25, -0.2) is 0 Å². The summed E-state index contributed by atoms with van der Waals surface area (Å²) in [5.41, 5.74) is 2.81. The normalized spacial score (nSPS) is 18.2. The maximum absolute atomic E-state index is 13.0. The molecule has 4 rings (SSSR count). The van der Waals surface area contributed by atoms with Gasteiger partial charge in [0.15, 0.2) is 0 Å². The fourth-order valence-corrected chi connectivity index (χ4v) is 4.43. The molecule has 0 saturated carbocycles. The molecule has 0 bridgehead atoms. The van der Waals surface area contributed by atoms with Gasteiger partial charge in [0.05, 0.1) is 22.5 Å². The number of carbonyl (C=O) groups is 1. The molecule has 2 aromatic heterocycles. The molecule has 1 amide bonds. The molecule has 1 fully saturated rings. The van der Waals surface area contributed by atoms with Gasteiger partial charge in [-0.2, -0.15) is 5.10 Å². The minimum atomic E-state index is -0.0205. The summed E-state index contributed by atoms with van der Waals surface area (Å²) in [4.78, 5) is 19.7. The summed E-state index contributed by atoms with van der Waals surface area (Å²) in [5, 5.41) is 7.54. The molecule has 6 heteroatoms. The van der Waals surface area contributed by atoms with E-state index in [0.717, 1.165) is 48.4 Å². The van der Waals surface area contributed by atoms with Crippen molar-refractivity contribution in [1.82, 2.24) is 19.7 Å².